The van der Waals surface area contributed by atoms with Crippen LogP contribution in [0.1, 0.15) is 24.0 Å². The zero-order chi connectivity index (χ0) is 18.2. The maximum Gasteiger partial charge on any atom is 0.220 e. The fourth-order valence-electron chi connectivity index (χ4n) is 2.85. The van der Waals surface area contributed by atoms with Gasteiger partial charge in [-0.15, -0.1) is 6.58 Å². The van der Waals surface area contributed by atoms with E-state index in [-0.39, 0.29) is 5.91 Å². The quantitative estimate of drug-likeness (QED) is 0.623. The average molecular weight is 345 g/mol. The van der Waals surface area contributed by atoms with Gasteiger partial charge >= 0.3 is 0 Å². The number of hydrogen-bond acceptors (Lipinski definition) is 2. The number of allylic oxidation sites excluding steroid dienone is 1. The zero-order valence-electron chi connectivity index (χ0n) is 14.8. The summed E-state index contributed by atoms with van der Waals surface area (Å²) in [4.78, 5) is 15.9. The normalized spacial score (nSPS) is 10.5. The van der Waals surface area contributed by atoms with Gasteiger partial charge in [0.15, 0.2) is 0 Å². The molecule has 1 N–H and O–H groups in total. The van der Waals surface area contributed by atoms with E-state index in [0.29, 0.717) is 19.4 Å². The van der Waals surface area contributed by atoms with E-state index in [1.54, 1.807) is 12.3 Å². The third-order valence-corrected chi connectivity index (χ3v) is 4.26. The van der Waals surface area contributed by atoms with Gasteiger partial charge in [0.05, 0.1) is 6.33 Å². The fraction of sp³-hybridized carbons (Fsp3) is 0.182. The summed E-state index contributed by atoms with van der Waals surface area (Å²) >= 11 is 0. The van der Waals surface area contributed by atoms with Crippen molar-refractivity contribution >= 4 is 5.91 Å². The van der Waals surface area contributed by atoms with Crippen molar-refractivity contribution in [2.75, 3.05) is 0 Å². The number of benzene rings is 2. The molecule has 0 aliphatic rings. The molecular weight excluding hydrogens is 322 g/mol. The Morgan fingerprint density at radius 3 is 2.69 bits per heavy atom. The standard InChI is InChI=1S/C22H23N3O/c1-2-3-8-22(26)24-15-20-6-4-5-7-21(20)19-11-9-18(10-12-19)16-25-14-13-23-17-25/h2,4-7,9-14,17H,1,3,8,15-16H2,(H,24,26). The van der Waals surface area contributed by atoms with Crippen molar-refractivity contribution in [1.29, 1.82) is 0 Å². The van der Waals surface area contributed by atoms with Crippen LogP contribution in [-0.4, -0.2) is 15.5 Å². The van der Waals surface area contributed by atoms with E-state index >= 15 is 0 Å². The molecular formula is C22H23N3O. The highest BCUT2D eigenvalue weighted by Crippen LogP contribution is 2.24. The molecule has 1 amide bonds. The van der Waals surface area contributed by atoms with E-state index in [9.17, 15) is 4.79 Å². The predicted octanol–water partition coefficient (Wildman–Crippen LogP) is 4.18. The minimum atomic E-state index is 0.0513. The van der Waals surface area contributed by atoms with E-state index in [1.807, 2.05) is 29.2 Å². The highest BCUT2D eigenvalue weighted by atomic mass is 16.1. The number of hydrogen-bond donors (Lipinski definition) is 1. The van der Waals surface area contributed by atoms with Gasteiger partial charge in [-0.05, 0) is 28.7 Å². The van der Waals surface area contributed by atoms with Crippen molar-refractivity contribution in [3.63, 3.8) is 0 Å². The number of rotatable bonds is 8. The summed E-state index contributed by atoms with van der Waals surface area (Å²) in [6, 6.07) is 16.7. The summed E-state index contributed by atoms with van der Waals surface area (Å²) in [6.45, 7) is 4.99. The van der Waals surface area contributed by atoms with Crippen molar-refractivity contribution in [3.8, 4) is 11.1 Å². The number of carbonyl (C=O) groups excluding carboxylic acids is 1. The van der Waals surface area contributed by atoms with Crippen LogP contribution < -0.4 is 5.32 Å². The molecule has 3 aromatic rings. The molecule has 3 rings (SSSR count). The van der Waals surface area contributed by atoms with Crippen molar-refractivity contribution < 1.29 is 4.79 Å². The van der Waals surface area contributed by atoms with Crippen LogP contribution in [0.4, 0.5) is 0 Å². The fourth-order valence-corrected chi connectivity index (χ4v) is 2.85. The number of imidazole rings is 1. The zero-order valence-corrected chi connectivity index (χ0v) is 14.8. The highest BCUT2D eigenvalue weighted by molar-refractivity contribution is 5.76. The lowest BCUT2D eigenvalue weighted by atomic mass is 9.98. The predicted molar refractivity (Wildman–Crippen MR) is 104 cm³/mol. The van der Waals surface area contributed by atoms with Crippen molar-refractivity contribution in [1.82, 2.24) is 14.9 Å². The van der Waals surface area contributed by atoms with E-state index in [1.165, 1.54) is 5.56 Å². The molecule has 0 fully saturated rings. The van der Waals surface area contributed by atoms with Crippen molar-refractivity contribution in [3.05, 3.63) is 91.0 Å². The Balaban J connectivity index is 1.70. The lowest BCUT2D eigenvalue weighted by Crippen LogP contribution is -2.22. The molecule has 0 atom stereocenters. The van der Waals surface area contributed by atoms with Gasteiger partial charge in [0, 0.05) is 31.9 Å². The minimum absolute atomic E-state index is 0.0513. The Bertz CT molecular complexity index is 851. The summed E-state index contributed by atoms with van der Waals surface area (Å²) in [6.07, 6.45) is 8.50. The second-order valence-electron chi connectivity index (χ2n) is 6.19. The van der Waals surface area contributed by atoms with Crippen molar-refractivity contribution in [2.45, 2.75) is 25.9 Å². The third kappa shape index (κ3) is 4.70. The highest BCUT2D eigenvalue weighted by Gasteiger charge is 2.07. The maximum absolute atomic E-state index is 11.9. The number of aromatic nitrogens is 2. The molecule has 0 bridgehead atoms. The van der Waals surface area contributed by atoms with E-state index in [0.717, 1.165) is 23.2 Å². The van der Waals surface area contributed by atoms with E-state index in [2.05, 4.69) is 53.3 Å². The summed E-state index contributed by atoms with van der Waals surface area (Å²) in [5, 5.41) is 2.99. The lowest BCUT2D eigenvalue weighted by molar-refractivity contribution is -0.121. The largest absolute Gasteiger partial charge is 0.352 e. The Morgan fingerprint density at radius 1 is 1.15 bits per heavy atom. The molecule has 4 heteroatoms. The average Bonchev–Trinajstić information content (AvgIpc) is 3.18. The Kier molecular flexibility index (Phi) is 5.99. The van der Waals surface area contributed by atoms with Crippen LogP contribution >= 0.6 is 0 Å². The van der Waals surface area contributed by atoms with Gasteiger partial charge in [0.2, 0.25) is 5.91 Å². The molecule has 132 valence electrons. The van der Waals surface area contributed by atoms with Gasteiger partial charge in [-0.2, -0.15) is 0 Å². The third-order valence-electron chi connectivity index (χ3n) is 4.26. The molecule has 26 heavy (non-hydrogen) atoms. The van der Waals surface area contributed by atoms with Crippen LogP contribution in [0.3, 0.4) is 0 Å². The molecule has 0 saturated heterocycles. The van der Waals surface area contributed by atoms with Gasteiger partial charge in [0.1, 0.15) is 0 Å². The molecule has 0 aliphatic carbocycles. The SMILES string of the molecule is C=CCCC(=O)NCc1ccccc1-c1ccc(Cn2ccnc2)cc1. The Labute approximate surface area is 154 Å². The summed E-state index contributed by atoms with van der Waals surface area (Å²) in [5.74, 6) is 0.0513. The summed E-state index contributed by atoms with van der Waals surface area (Å²) < 4.78 is 2.04. The molecule has 0 unspecified atom stereocenters. The van der Waals surface area contributed by atoms with Gasteiger partial charge in [0.25, 0.3) is 0 Å². The Morgan fingerprint density at radius 2 is 1.96 bits per heavy atom. The first-order valence-electron chi connectivity index (χ1n) is 8.77. The van der Waals surface area contributed by atoms with E-state index in [4.69, 9.17) is 0 Å². The van der Waals surface area contributed by atoms with Crippen molar-refractivity contribution in [2.24, 2.45) is 0 Å². The second kappa shape index (κ2) is 8.81. The lowest BCUT2D eigenvalue weighted by Gasteiger charge is -2.12. The molecule has 2 aromatic carbocycles. The number of nitrogens with zero attached hydrogens (tertiary/aromatic N) is 2. The van der Waals surface area contributed by atoms with E-state index < -0.39 is 0 Å². The molecule has 0 radical (unpaired) electrons. The van der Waals surface area contributed by atoms with Crippen LogP contribution in [0.2, 0.25) is 0 Å². The molecule has 0 spiro atoms. The molecule has 1 aromatic heterocycles. The first-order valence-corrected chi connectivity index (χ1v) is 8.77. The van der Waals surface area contributed by atoms with Gasteiger partial charge < -0.3 is 9.88 Å². The molecule has 4 nitrogen and oxygen atoms in total. The smallest absolute Gasteiger partial charge is 0.220 e. The van der Waals surface area contributed by atoms with Crippen LogP contribution in [0.5, 0.6) is 0 Å². The van der Waals surface area contributed by atoms with Crippen LogP contribution in [-0.2, 0) is 17.9 Å². The number of carbonyl (C=O) groups is 1. The van der Waals surface area contributed by atoms with Gasteiger partial charge in [-0.1, -0.05) is 54.6 Å². The first-order chi connectivity index (χ1) is 12.8. The molecule has 0 aliphatic heterocycles. The summed E-state index contributed by atoms with van der Waals surface area (Å²) in [7, 11) is 0. The second-order valence-corrected chi connectivity index (χ2v) is 6.19. The first kappa shape index (κ1) is 17.7. The van der Waals surface area contributed by atoms with Crippen LogP contribution in [0.25, 0.3) is 11.1 Å². The van der Waals surface area contributed by atoms with Crippen LogP contribution in [0.15, 0.2) is 79.9 Å². The van der Waals surface area contributed by atoms with Crippen LogP contribution in [0, 0.1) is 0 Å². The number of nitrogens with one attached hydrogen (secondary N) is 1. The maximum atomic E-state index is 11.9. The summed E-state index contributed by atoms with van der Waals surface area (Å²) in [5.41, 5.74) is 4.63. The monoisotopic (exact) mass is 345 g/mol. The molecule has 0 saturated carbocycles. The van der Waals surface area contributed by atoms with Gasteiger partial charge in [-0.3, -0.25) is 4.79 Å². The minimum Gasteiger partial charge on any atom is -0.352 e. The Hall–Kier alpha value is -3.14. The topological polar surface area (TPSA) is 46.9 Å². The number of amides is 1. The van der Waals surface area contributed by atoms with Gasteiger partial charge in [-0.25, -0.2) is 4.98 Å². The molecule has 1 heterocycles.